The highest BCUT2D eigenvalue weighted by Gasteiger charge is 2.34. The summed E-state index contributed by atoms with van der Waals surface area (Å²) in [6, 6.07) is 20.5. The summed E-state index contributed by atoms with van der Waals surface area (Å²) in [6.45, 7) is 0.313. The van der Waals surface area contributed by atoms with Crippen LogP contribution in [0.5, 0.6) is 0 Å². The van der Waals surface area contributed by atoms with Gasteiger partial charge in [0.25, 0.3) is 5.91 Å². The number of nitrogens with one attached hydrogen (secondary N) is 1. The second-order valence-corrected chi connectivity index (χ2v) is 10.2. The maximum absolute atomic E-state index is 13.2. The van der Waals surface area contributed by atoms with Crippen molar-refractivity contribution in [2.75, 3.05) is 18.4 Å². The summed E-state index contributed by atoms with van der Waals surface area (Å²) in [7, 11) is -3.83. The third kappa shape index (κ3) is 6.12. The summed E-state index contributed by atoms with van der Waals surface area (Å²) in [5.41, 5.74) is 1.87. The predicted molar refractivity (Wildman–Crippen MR) is 129 cm³/mol. The molecule has 3 aromatic carbocycles. The van der Waals surface area contributed by atoms with E-state index < -0.39 is 27.7 Å². The number of hydrogen-bond donors (Lipinski definition) is 1. The number of anilines is 1. The number of hydrogen-bond acceptors (Lipinski definition) is 5. The van der Waals surface area contributed by atoms with Crippen LogP contribution in [0.15, 0.2) is 83.8 Å². The Morgan fingerprint density at radius 1 is 0.971 bits per heavy atom. The summed E-state index contributed by atoms with van der Waals surface area (Å²) in [4.78, 5) is 25.0. The van der Waals surface area contributed by atoms with Crippen molar-refractivity contribution in [2.24, 2.45) is 5.92 Å². The molecule has 0 aromatic heterocycles. The number of benzene rings is 3. The molecule has 1 aliphatic heterocycles. The summed E-state index contributed by atoms with van der Waals surface area (Å²) >= 11 is 0. The molecule has 0 bridgehead atoms. The monoisotopic (exact) mass is 496 g/mol. The number of rotatable bonds is 7. The summed E-state index contributed by atoms with van der Waals surface area (Å²) < 4.78 is 45.6. The lowest BCUT2D eigenvalue weighted by molar-refractivity contribution is -0.151. The van der Waals surface area contributed by atoms with E-state index in [1.807, 2.05) is 18.2 Å². The highest BCUT2D eigenvalue weighted by atomic mass is 32.2. The zero-order valence-corrected chi connectivity index (χ0v) is 19.7. The van der Waals surface area contributed by atoms with Crippen LogP contribution in [-0.2, 0) is 26.2 Å². The fraction of sp³-hybridized carbons (Fsp3) is 0.231. The molecule has 35 heavy (non-hydrogen) atoms. The minimum atomic E-state index is -3.83. The molecule has 1 heterocycles. The van der Waals surface area contributed by atoms with Crippen molar-refractivity contribution < 1.29 is 27.1 Å². The number of sulfonamides is 1. The van der Waals surface area contributed by atoms with Crippen LogP contribution in [0.25, 0.3) is 0 Å². The van der Waals surface area contributed by atoms with E-state index in [0.717, 1.165) is 12.1 Å². The molecule has 0 saturated carbocycles. The third-order valence-corrected chi connectivity index (χ3v) is 7.68. The average molecular weight is 497 g/mol. The molecule has 1 fully saturated rings. The number of nitrogens with zero attached hydrogens (tertiary/aromatic N) is 1. The largest absolute Gasteiger partial charge is 0.461 e. The quantitative estimate of drug-likeness (QED) is 0.495. The van der Waals surface area contributed by atoms with Gasteiger partial charge in [-0.25, -0.2) is 12.8 Å². The van der Waals surface area contributed by atoms with Gasteiger partial charge in [-0.1, -0.05) is 30.3 Å². The molecule has 1 saturated heterocycles. The van der Waals surface area contributed by atoms with Crippen LogP contribution in [0, 0.1) is 11.7 Å². The Balaban J connectivity index is 1.31. The molecular formula is C26H25FN2O5S. The number of para-hydroxylation sites is 1. The molecule has 1 N–H and O–H groups in total. The standard InChI is InChI=1S/C26H25FN2O5S/c27-22-12-14-24(15-13-22)35(32,33)29-16-4-5-21(17-29)26(31)34-18-19-8-10-20(11-9-19)25(30)28-23-6-2-1-3-7-23/h1-3,6-15,21H,4-5,16-18H2,(H,28,30). The highest BCUT2D eigenvalue weighted by molar-refractivity contribution is 7.89. The third-order valence-electron chi connectivity index (χ3n) is 5.80. The van der Waals surface area contributed by atoms with Crippen LogP contribution in [0.1, 0.15) is 28.8 Å². The van der Waals surface area contributed by atoms with Crippen molar-refractivity contribution in [3.63, 3.8) is 0 Å². The number of ether oxygens (including phenoxy) is 1. The molecule has 1 aliphatic rings. The van der Waals surface area contributed by atoms with Crippen molar-refractivity contribution in [3.8, 4) is 0 Å². The minimum absolute atomic E-state index is 0.00990. The number of esters is 1. The van der Waals surface area contributed by atoms with Crippen LogP contribution in [0.3, 0.4) is 0 Å². The zero-order chi connectivity index (χ0) is 24.8. The zero-order valence-electron chi connectivity index (χ0n) is 18.9. The first-order chi connectivity index (χ1) is 16.8. The Labute approximate surface area is 203 Å². The Morgan fingerprint density at radius 3 is 2.34 bits per heavy atom. The first kappa shape index (κ1) is 24.6. The van der Waals surface area contributed by atoms with E-state index in [2.05, 4.69) is 5.32 Å². The first-order valence-electron chi connectivity index (χ1n) is 11.2. The second kappa shape index (κ2) is 10.8. The van der Waals surface area contributed by atoms with Gasteiger partial charge >= 0.3 is 5.97 Å². The number of carbonyl (C=O) groups is 2. The molecule has 7 nitrogen and oxygen atoms in total. The summed E-state index contributed by atoms with van der Waals surface area (Å²) in [5, 5.41) is 2.81. The van der Waals surface area contributed by atoms with Gasteiger partial charge in [-0.15, -0.1) is 0 Å². The van der Waals surface area contributed by atoms with E-state index in [1.165, 1.54) is 16.4 Å². The van der Waals surface area contributed by atoms with E-state index in [4.69, 9.17) is 4.74 Å². The van der Waals surface area contributed by atoms with Gasteiger partial charge < -0.3 is 10.1 Å². The van der Waals surface area contributed by atoms with Crippen molar-refractivity contribution >= 4 is 27.6 Å². The van der Waals surface area contributed by atoms with Crippen LogP contribution in [0.4, 0.5) is 10.1 Å². The summed E-state index contributed by atoms with van der Waals surface area (Å²) in [5.74, 6) is -1.83. The van der Waals surface area contributed by atoms with Crippen LogP contribution >= 0.6 is 0 Å². The molecule has 0 aliphatic carbocycles. The normalized spacial score (nSPS) is 16.4. The maximum Gasteiger partial charge on any atom is 0.310 e. The van der Waals surface area contributed by atoms with Crippen molar-refractivity contribution in [1.29, 1.82) is 0 Å². The number of carbonyl (C=O) groups excluding carboxylic acids is 2. The van der Waals surface area contributed by atoms with Crippen LogP contribution < -0.4 is 5.32 Å². The second-order valence-electron chi connectivity index (χ2n) is 8.28. The van der Waals surface area contributed by atoms with Crippen molar-refractivity contribution in [3.05, 3.63) is 95.8 Å². The number of halogens is 1. The van der Waals surface area contributed by atoms with Gasteiger partial charge in [0.05, 0.1) is 10.8 Å². The SMILES string of the molecule is O=C(Nc1ccccc1)c1ccc(COC(=O)C2CCCN(S(=O)(=O)c3ccc(F)cc3)C2)cc1. The van der Waals surface area contributed by atoms with Crippen LogP contribution in [-0.4, -0.2) is 37.7 Å². The Morgan fingerprint density at radius 2 is 1.66 bits per heavy atom. The smallest absolute Gasteiger partial charge is 0.310 e. The lowest BCUT2D eigenvalue weighted by atomic mass is 10.00. The minimum Gasteiger partial charge on any atom is -0.461 e. The number of piperidine rings is 1. The topological polar surface area (TPSA) is 92.8 Å². The molecular weight excluding hydrogens is 471 g/mol. The summed E-state index contributed by atoms with van der Waals surface area (Å²) in [6.07, 6.45) is 1.04. The fourth-order valence-corrected chi connectivity index (χ4v) is 5.38. The average Bonchev–Trinajstić information content (AvgIpc) is 2.88. The molecule has 0 spiro atoms. The molecule has 3 aromatic rings. The van der Waals surface area contributed by atoms with Crippen molar-refractivity contribution in [2.45, 2.75) is 24.3 Å². The first-order valence-corrected chi connectivity index (χ1v) is 12.6. The van der Waals surface area contributed by atoms with Gasteiger partial charge in [-0.3, -0.25) is 9.59 Å². The maximum atomic E-state index is 13.2. The van der Waals surface area contributed by atoms with E-state index in [0.29, 0.717) is 29.7 Å². The molecule has 1 atom stereocenters. The molecule has 9 heteroatoms. The predicted octanol–water partition coefficient (Wildman–Crippen LogP) is 4.22. The lowest BCUT2D eigenvalue weighted by Gasteiger charge is -2.30. The Kier molecular flexibility index (Phi) is 7.57. The molecule has 182 valence electrons. The van der Waals surface area contributed by atoms with Crippen LogP contribution in [0.2, 0.25) is 0 Å². The molecule has 1 unspecified atom stereocenters. The van der Waals surface area contributed by atoms with Gasteiger partial charge in [-0.05, 0) is 66.9 Å². The number of amides is 1. The fourth-order valence-electron chi connectivity index (χ4n) is 3.86. The van der Waals surface area contributed by atoms with E-state index in [-0.39, 0.29) is 30.5 Å². The highest BCUT2D eigenvalue weighted by Crippen LogP contribution is 2.25. The Bertz CT molecular complexity index is 1280. The molecule has 4 rings (SSSR count). The van der Waals surface area contributed by atoms with Gasteiger partial charge in [0, 0.05) is 24.3 Å². The van der Waals surface area contributed by atoms with E-state index in [1.54, 1.807) is 36.4 Å². The molecule has 0 radical (unpaired) electrons. The van der Waals surface area contributed by atoms with Gasteiger partial charge in [0.2, 0.25) is 10.0 Å². The Hall–Kier alpha value is -3.56. The lowest BCUT2D eigenvalue weighted by Crippen LogP contribution is -2.42. The van der Waals surface area contributed by atoms with Crippen molar-refractivity contribution in [1.82, 2.24) is 4.31 Å². The van der Waals surface area contributed by atoms with Gasteiger partial charge in [-0.2, -0.15) is 4.31 Å². The molecule has 1 amide bonds. The van der Waals surface area contributed by atoms with E-state index in [9.17, 15) is 22.4 Å². The van der Waals surface area contributed by atoms with E-state index >= 15 is 0 Å². The van der Waals surface area contributed by atoms with Gasteiger partial charge in [0.15, 0.2) is 0 Å². The van der Waals surface area contributed by atoms with Gasteiger partial charge in [0.1, 0.15) is 12.4 Å².